The average molecular weight is 370 g/mol. The fraction of sp³-hybridized carbons (Fsp3) is 0.300. The molecule has 0 aliphatic heterocycles. The van der Waals surface area contributed by atoms with E-state index in [1.807, 2.05) is 30.3 Å². The van der Waals surface area contributed by atoms with Crippen molar-refractivity contribution < 1.29 is 14.2 Å². The Kier molecular flexibility index (Phi) is 7.04. The lowest BCUT2D eigenvalue weighted by Crippen LogP contribution is -2.20. The second-order valence-corrected chi connectivity index (χ2v) is 6.00. The maximum absolute atomic E-state index is 13.9. The average Bonchev–Trinajstić information content (AvgIpc) is 3.10. The standard InChI is InChI=1S/C20H23FN4O2/c21-18-9-5-4-8-17(18)15-25-23-19(14-22-10-12-27-13-11-26)20(24-25)16-6-2-1-3-7-16/h1-9,22,26H,10-15H2. The predicted octanol–water partition coefficient (Wildman–Crippen LogP) is 2.23. The minimum Gasteiger partial charge on any atom is -0.394 e. The van der Waals surface area contributed by atoms with E-state index in [4.69, 9.17) is 9.84 Å². The lowest BCUT2D eigenvalue weighted by Gasteiger charge is -2.04. The van der Waals surface area contributed by atoms with Gasteiger partial charge in [-0.2, -0.15) is 15.0 Å². The summed E-state index contributed by atoms with van der Waals surface area (Å²) in [5, 5.41) is 21.1. The highest BCUT2D eigenvalue weighted by molar-refractivity contribution is 5.60. The van der Waals surface area contributed by atoms with Gasteiger partial charge in [0.2, 0.25) is 0 Å². The van der Waals surface area contributed by atoms with Crippen molar-refractivity contribution in [3.05, 3.63) is 71.7 Å². The molecule has 0 saturated heterocycles. The molecule has 0 unspecified atom stereocenters. The number of hydrogen-bond acceptors (Lipinski definition) is 5. The Morgan fingerprint density at radius 3 is 2.56 bits per heavy atom. The minimum atomic E-state index is -0.267. The summed E-state index contributed by atoms with van der Waals surface area (Å²) in [5.41, 5.74) is 3.07. The monoisotopic (exact) mass is 370 g/mol. The summed E-state index contributed by atoms with van der Waals surface area (Å²) in [5.74, 6) is -0.267. The summed E-state index contributed by atoms with van der Waals surface area (Å²) in [7, 11) is 0. The number of benzene rings is 2. The molecule has 0 atom stereocenters. The molecule has 27 heavy (non-hydrogen) atoms. The van der Waals surface area contributed by atoms with Crippen LogP contribution >= 0.6 is 0 Å². The first-order valence-corrected chi connectivity index (χ1v) is 8.90. The summed E-state index contributed by atoms with van der Waals surface area (Å²) in [4.78, 5) is 1.53. The van der Waals surface area contributed by atoms with Crippen LogP contribution in [0.1, 0.15) is 11.3 Å². The molecule has 0 amide bonds. The van der Waals surface area contributed by atoms with Crippen LogP contribution in [0.15, 0.2) is 54.6 Å². The van der Waals surface area contributed by atoms with E-state index in [2.05, 4.69) is 15.5 Å². The number of ether oxygens (including phenoxy) is 1. The number of nitrogens with one attached hydrogen (secondary N) is 1. The van der Waals surface area contributed by atoms with Gasteiger partial charge in [0.15, 0.2) is 0 Å². The largest absolute Gasteiger partial charge is 0.394 e. The van der Waals surface area contributed by atoms with Gasteiger partial charge in [0.25, 0.3) is 0 Å². The van der Waals surface area contributed by atoms with Gasteiger partial charge in [-0.05, 0) is 6.07 Å². The van der Waals surface area contributed by atoms with Crippen LogP contribution in [0.25, 0.3) is 11.3 Å². The molecular weight excluding hydrogens is 347 g/mol. The molecule has 0 fully saturated rings. The first-order chi connectivity index (χ1) is 13.3. The Hall–Kier alpha value is -2.61. The van der Waals surface area contributed by atoms with Gasteiger partial charge in [-0.15, -0.1) is 0 Å². The van der Waals surface area contributed by atoms with E-state index in [1.165, 1.54) is 10.9 Å². The first-order valence-electron chi connectivity index (χ1n) is 8.90. The maximum atomic E-state index is 13.9. The van der Waals surface area contributed by atoms with Gasteiger partial charge in [0, 0.05) is 24.2 Å². The highest BCUT2D eigenvalue weighted by atomic mass is 19.1. The topological polar surface area (TPSA) is 72.2 Å². The van der Waals surface area contributed by atoms with Gasteiger partial charge >= 0.3 is 0 Å². The van der Waals surface area contributed by atoms with Crippen molar-refractivity contribution in [2.75, 3.05) is 26.4 Å². The van der Waals surface area contributed by atoms with Crippen LogP contribution in [-0.4, -0.2) is 46.5 Å². The Bertz CT molecular complexity index is 839. The fourth-order valence-corrected chi connectivity index (χ4v) is 2.69. The number of nitrogens with zero attached hydrogens (tertiary/aromatic N) is 3. The molecule has 0 bridgehead atoms. The number of aromatic nitrogens is 3. The minimum absolute atomic E-state index is 0.0164. The number of aliphatic hydroxyl groups excluding tert-OH is 1. The Labute approximate surface area is 157 Å². The van der Waals surface area contributed by atoms with Crippen LogP contribution in [-0.2, 0) is 17.8 Å². The third-order valence-electron chi connectivity index (χ3n) is 3.99. The van der Waals surface area contributed by atoms with Gasteiger partial charge in [-0.3, -0.25) is 0 Å². The zero-order chi connectivity index (χ0) is 18.9. The van der Waals surface area contributed by atoms with Crippen molar-refractivity contribution in [2.24, 2.45) is 0 Å². The van der Waals surface area contributed by atoms with Crippen molar-refractivity contribution >= 4 is 0 Å². The van der Waals surface area contributed by atoms with E-state index in [0.717, 1.165) is 17.0 Å². The summed E-state index contributed by atoms with van der Waals surface area (Å²) in [6, 6.07) is 16.4. The molecule has 2 N–H and O–H groups in total. The van der Waals surface area contributed by atoms with Crippen LogP contribution in [0.3, 0.4) is 0 Å². The zero-order valence-corrected chi connectivity index (χ0v) is 15.0. The Morgan fingerprint density at radius 1 is 1.00 bits per heavy atom. The highest BCUT2D eigenvalue weighted by Gasteiger charge is 2.14. The molecule has 7 heteroatoms. The smallest absolute Gasteiger partial charge is 0.128 e. The molecule has 0 aliphatic rings. The quantitative estimate of drug-likeness (QED) is 0.536. The molecule has 0 aliphatic carbocycles. The SMILES string of the molecule is OCCOCCNCc1nn(Cc2ccccc2F)nc1-c1ccccc1. The van der Waals surface area contributed by atoms with E-state index in [0.29, 0.717) is 31.9 Å². The van der Waals surface area contributed by atoms with E-state index in [-0.39, 0.29) is 19.0 Å². The normalized spacial score (nSPS) is 11.0. The second kappa shape index (κ2) is 9.91. The van der Waals surface area contributed by atoms with Gasteiger partial charge in [0.05, 0.1) is 26.4 Å². The Morgan fingerprint density at radius 2 is 1.78 bits per heavy atom. The molecule has 2 aromatic carbocycles. The summed E-state index contributed by atoms with van der Waals surface area (Å²) in [6.07, 6.45) is 0. The summed E-state index contributed by atoms with van der Waals surface area (Å²) in [6.45, 7) is 2.27. The number of rotatable bonds is 10. The van der Waals surface area contributed by atoms with Crippen molar-refractivity contribution in [3.63, 3.8) is 0 Å². The van der Waals surface area contributed by atoms with E-state index in [1.54, 1.807) is 18.2 Å². The number of hydrogen-bond donors (Lipinski definition) is 2. The van der Waals surface area contributed by atoms with Crippen LogP contribution in [0.4, 0.5) is 4.39 Å². The third-order valence-corrected chi connectivity index (χ3v) is 3.99. The molecule has 3 aromatic rings. The lowest BCUT2D eigenvalue weighted by atomic mass is 10.1. The van der Waals surface area contributed by atoms with Gasteiger partial charge in [-0.1, -0.05) is 48.5 Å². The van der Waals surface area contributed by atoms with Crippen LogP contribution in [0.2, 0.25) is 0 Å². The van der Waals surface area contributed by atoms with Crippen molar-refractivity contribution in [1.82, 2.24) is 20.3 Å². The molecular formula is C20H23FN4O2. The second-order valence-electron chi connectivity index (χ2n) is 6.00. The first kappa shape index (κ1) is 19.2. The van der Waals surface area contributed by atoms with Crippen LogP contribution < -0.4 is 5.32 Å². The molecule has 1 aromatic heterocycles. The van der Waals surface area contributed by atoms with Crippen molar-refractivity contribution in [3.8, 4) is 11.3 Å². The van der Waals surface area contributed by atoms with Crippen LogP contribution in [0.5, 0.6) is 0 Å². The zero-order valence-electron chi connectivity index (χ0n) is 15.0. The van der Waals surface area contributed by atoms with E-state index in [9.17, 15) is 4.39 Å². The molecule has 0 spiro atoms. The molecule has 142 valence electrons. The lowest BCUT2D eigenvalue weighted by molar-refractivity contribution is 0.0937. The van der Waals surface area contributed by atoms with Crippen molar-refractivity contribution in [1.29, 1.82) is 0 Å². The Balaban J connectivity index is 1.74. The molecule has 6 nitrogen and oxygen atoms in total. The van der Waals surface area contributed by atoms with Crippen molar-refractivity contribution in [2.45, 2.75) is 13.1 Å². The maximum Gasteiger partial charge on any atom is 0.128 e. The predicted molar refractivity (Wildman–Crippen MR) is 101 cm³/mol. The third kappa shape index (κ3) is 5.43. The van der Waals surface area contributed by atoms with Gasteiger partial charge in [0.1, 0.15) is 17.2 Å². The molecule has 1 heterocycles. The van der Waals surface area contributed by atoms with E-state index < -0.39 is 0 Å². The van der Waals surface area contributed by atoms with E-state index >= 15 is 0 Å². The number of halogens is 1. The summed E-state index contributed by atoms with van der Waals surface area (Å²) >= 11 is 0. The van der Waals surface area contributed by atoms with Gasteiger partial charge in [-0.25, -0.2) is 4.39 Å². The molecule has 0 radical (unpaired) electrons. The fourth-order valence-electron chi connectivity index (χ4n) is 2.69. The molecule has 0 saturated carbocycles. The number of aliphatic hydroxyl groups is 1. The van der Waals surface area contributed by atoms with Gasteiger partial charge < -0.3 is 15.2 Å². The molecule has 3 rings (SSSR count). The van der Waals surface area contributed by atoms with Crippen LogP contribution in [0, 0.1) is 5.82 Å². The highest BCUT2D eigenvalue weighted by Crippen LogP contribution is 2.20. The summed E-state index contributed by atoms with van der Waals surface area (Å²) < 4.78 is 19.2.